The number of piperazine rings is 1. The molecule has 0 atom stereocenters. The SMILES string of the molecule is Clc1ccc2c(N3CCN(c4ccnc(N5CCCC5)n4)CC3)ccnc2c1. The number of pyridine rings is 1. The molecule has 0 saturated carbocycles. The Morgan fingerprint density at radius 3 is 2.32 bits per heavy atom. The normalized spacial score (nSPS) is 17.5. The standard InChI is InChI=1S/C21H23ClN6/c22-16-3-4-17-18(15-16)23-7-5-19(17)26-11-13-27(14-12-26)20-6-8-24-21(25-20)28-9-1-2-10-28/h3-8,15H,1-2,9-14H2. The molecule has 0 amide bonds. The van der Waals surface area contributed by atoms with Crippen molar-refractivity contribution in [2.24, 2.45) is 0 Å². The summed E-state index contributed by atoms with van der Waals surface area (Å²) in [4.78, 5) is 20.9. The lowest BCUT2D eigenvalue weighted by molar-refractivity contribution is 0.647. The molecule has 0 radical (unpaired) electrons. The molecule has 0 N–H and O–H groups in total. The van der Waals surface area contributed by atoms with E-state index >= 15 is 0 Å². The molecule has 2 aliphatic rings. The number of hydrogen-bond donors (Lipinski definition) is 0. The van der Waals surface area contributed by atoms with Gasteiger partial charge in [0, 0.05) is 67.8 Å². The molecule has 28 heavy (non-hydrogen) atoms. The molecule has 2 saturated heterocycles. The Balaban J connectivity index is 1.32. The van der Waals surface area contributed by atoms with Crippen molar-refractivity contribution in [2.45, 2.75) is 12.8 Å². The van der Waals surface area contributed by atoms with Gasteiger partial charge >= 0.3 is 0 Å². The lowest BCUT2D eigenvalue weighted by atomic mass is 10.1. The predicted molar refractivity (Wildman–Crippen MR) is 115 cm³/mol. The van der Waals surface area contributed by atoms with Crippen molar-refractivity contribution >= 4 is 40.0 Å². The smallest absolute Gasteiger partial charge is 0.227 e. The Hall–Kier alpha value is -2.60. The van der Waals surface area contributed by atoms with Gasteiger partial charge in [0.1, 0.15) is 5.82 Å². The van der Waals surface area contributed by atoms with E-state index in [4.69, 9.17) is 16.6 Å². The number of hydrogen-bond acceptors (Lipinski definition) is 6. The van der Waals surface area contributed by atoms with Crippen LogP contribution < -0.4 is 14.7 Å². The number of halogens is 1. The third-order valence-electron chi connectivity index (χ3n) is 5.64. The second-order valence-electron chi connectivity index (χ2n) is 7.37. The van der Waals surface area contributed by atoms with Gasteiger partial charge in [0.15, 0.2) is 0 Å². The zero-order chi connectivity index (χ0) is 18.9. The molecule has 4 heterocycles. The van der Waals surface area contributed by atoms with Crippen LogP contribution in [-0.4, -0.2) is 54.2 Å². The number of nitrogens with zero attached hydrogens (tertiary/aromatic N) is 6. The summed E-state index contributed by atoms with van der Waals surface area (Å²) < 4.78 is 0. The highest BCUT2D eigenvalue weighted by atomic mass is 35.5. The number of anilines is 3. The van der Waals surface area contributed by atoms with Crippen molar-refractivity contribution in [2.75, 3.05) is 54.0 Å². The number of rotatable bonds is 3. The van der Waals surface area contributed by atoms with Gasteiger partial charge in [-0.15, -0.1) is 0 Å². The fourth-order valence-corrected chi connectivity index (χ4v) is 4.31. The van der Waals surface area contributed by atoms with Crippen LogP contribution in [0.25, 0.3) is 10.9 Å². The van der Waals surface area contributed by atoms with Gasteiger partial charge in [0.2, 0.25) is 5.95 Å². The Morgan fingerprint density at radius 2 is 1.50 bits per heavy atom. The summed E-state index contributed by atoms with van der Waals surface area (Å²) in [6.07, 6.45) is 6.23. The first-order valence-corrected chi connectivity index (χ1v) is 10.3. The Kier molecular flexibility index (Phi) is 4.64. The van der Waals surface area contributed by atoms with Crippen molar-refractivity contribution in [3.8, 4) is 0 Å². The number of aromatic nitrogens is 3. The highest BCUT2D eigenvalue weighted by Crippen LogP contribution is 2.29. The maximum atomic E-state index is 6.13. The highest BCUT2D eigenvalue weighted by Gasteiger charge is 2.21. The lowest BCUT2D eigenvalue weighted by Gasteiger charge is -2.37. The van der Waals surface area contributed by atoms with Crippen LogP contribution in [0.15, 0.2) is 42.7 Å². The first kappa shape index (κ1) is 17.5. The van der Waals surface area contributed by atoms with Crippen LogP contribution in [0.4, 0.5) is 17.5 Å². The number of fused-ring (bicyclic) bond motifs is 1. The maximum absolute atomic E-state index is 6.13. The van der Waals surface area contributed by atoms with Crippen LogP contribution in [0.1, 0.15) is 12.8 Å². The molecule has 2 aromatic heterocycles. The lowest BCUT2D eigenvalue weighted by Crippen LogP contribution is -2.47. The first-order chi connectivity index (χ1) is 13.8. The molecule has 0 bridgehead atoms. The molecular formula is C21H23ClN6. The fraction of sp³-hybridized carbons (Fsp3) is 0.381. The summed E-state index contributed by atoms with van der Waals surface area (Å²) in [5.74, 6) is 1.90. The van der Waals surface area contributed by atoms with Crippen LogP contribution in [0.3, 0.4) is 0 Å². The van der Waals surface area contributed by atoms with Crippen LogP contribution >= 0.6 is 11.6 Å². The Bertz CT molecular complexity index is 980. The fourth-order valence-electron chi connectivity index (χ4n) is 4.14. The molecule has 5 rings (SSSR count). The van der Waals surface area contributed by atoms with Gasteiger partial charge in [-0.1, -0.05) is 11.6 Å². The van der Waals surface area contributed by atoms with Crippen molar-refractivity contribution in [1.82, 2.24) is 15.0 Å². The summed E-state index contributed by atoms with van der Waals surface area (Å²) in [7, 11) is 0. The van der Waals surface area contributed by atoms with E-state index in [1.165, 1.54) is 18.5 Å². The summed E-state index contributed by atoms with van der Waals surface area (Å²) in [6, 6.07) is 10.1. The minimum absolute atomic E-state index is 0.722. The molecule has 2 fully saturated rings. The van der Waals surface area contributed by atoms with E-state index in [0.717, 1.165) is 67.0 Å². The molecule has 0 aliphatic carbocycles. The molecule has 0 unspecified atom stereocenters. The minimum atomic E-state index is 0.722. The van der Waals surface area contributed by atoms with E-state index < -0.39 is 0 Å². The quantitative estimate of drug-likeness (QED) is 0.676. The Morgan fingerprint density at radius 1 is 0.750 bits per heavy atom. The average molecular weight is 395 g/mol. The topological polar surface area (TPSA) is 48.4 Å². The van der Waals surface area contributed by atoms with Crippen molar-refractivity contribution in [1.29, 1.82) is 0 Å². The van der Waals surface area contributed by atoms with Gasteiger partial charge in [0.25, 0.3) is 0 Å². The molecule has 144 valence electrons. The van der Waals surface area contributed by atoms with Gasteiger partial charge < -0.3 is 14.7 Å². The summed E-state index contributed by atoms with van der Waals surface area (Å²) in [5.41, 5.74) is 2.17. The second-order valence-corrected chi connectivity index (χ2v) is 7.81. The molecule has 2 aliphatic heterocycles. The first-order valence-electron chi connectivity index (χ1n) is 9.90. The maximum Gasteiger partial charge on any atom is 0.227 e. The molecule has 3 aromatic rings. The van der Waals surface area contributed by atoms with E-state index in [9.17, 15) is 0 Å². The summed E-state index contributed by atoms with van der Waals surface area (Å²) >= 11 is 6.13. The Labute approximate surface area is 169 Å². The number of benzene rings is 1. The zero-order valence-electron chi connectivity index (χ0n) is 15.8. The van der Waals surface area contributed by atoms with Crippen LogP contribution in [0.5, 0.6) is 0 Å². The van der Waals surface area contributed by atoms with Gasteiger partial charge in [-0.3, -0.25) is 4.98 Å². The highest BCUT2D eigenvalue weighted by molar-refractivity contribution is 6.31. The van der Waals surface area contributed by atoms with E-state index in [1.54, 1.807) is 0 Å². The third-order valence-corrected chi connectivity index (χ3v) is 5.88. The molecule has 1 aromatic carbocycles. The van der Waals surface area contributed by atoms with Gasteiger partial charge in [-0.05, 0) is 43.2 Å². The molecule has 6 nitrogen and oxygen atoms in total. The molecular weight excluding hydrogens is 372 g/mol. The third kappa shape index (κ3) is 3.33. The monoisotopic (exact) mass is 394 g/mol. The van der Waals surface area contributed by atoms with Crippen molar-refractivity contribution in [3.05, 3.63) is 47.7 Å². The second kappa shape index (κ2) is 7.43. The van der Waals surface area contributed by atoms with Crippen LogP contribution in [-0.2, 0) is 0 Å². The van der Waals surface area contributed by atoms with Gasteiger partial charge in [-0.25, -0.2) is 4.98 Å². The van der Waals surface area contributed by atoms with E-state index in [1.807, 2.05) is 30.6 Å². The zero-order valence-corrected chi connectivity index (χ0v) is 16.5. The molecule has 7 heteroatoms. The predicted octanol–water partition coefficient (Wildman–Crippen LogP) is 3.61. The summed E-state index contributed by atoms with van der Waals surface area (Å²) in [5, 5.41) is 1.87. The van der Waals surface area contributed by atoms with Gasteiger partial charge in [0.05, 0.1) is 5.52 Å². The van der Waals surface area contributed by atoms with Crippen molar-refractivity contribution < 1.29 is 0 Å². The average Bonchev–Trinajstić information content (AvgIpc) is 3.28. The van der Waals surface area contributed by atoms with Crippen molar-refractivity contribution in [3.63, 3.8) is 0 Å². The van der Waals surface area contributed by atoms with E-state index in [0.29, 0.717) is 0 Å². The van der Waals surface area contributed by atoms with Crippen LogP contribution in [0.2, 0.25) is 5.02 Å². The minimum Gasteiger partial charge on any atom is -0.367 e. The largest absolute Gasteiger partial charge is 0.367 e. The van der Waals surface area contributed by atoms with E-state index in [2.05, 4.69) is 36.8 Å². The van der Waals surface area contributed by atoms with E-state index in [-0.39, 0.29) is 0 Å². The molecule has 0 spiro atoms. The van der Waals surface area contributed by atoms with Crippen LogP contribution in [0, 0.1) is 0 Å². The summed E-state index contributed by atoms with van der Waals surface area (Å²) in [6.45, 7) is 5.91. The van der Waals surface area contributed by atoms with Gasteiger partial charge in [-0.2, -0.15) is 4.98 Å².